The van der Waals surface area contributed by atoms with Crippen LogP contribution < -0.4 is 5.32 Å². The highest BCUT2D eigenvalue weighted by atomic mass is 32.2. The first-order chi connectivity index (χ1) is 8.78. The van der Waals surface area contributed by atoms with Crippen LogP contribution in [0.2, 0.25) is 0 Å². The van der Waals surface area contributed by atoms with Crippen molar-refractivity contribution in [2.24, 2.45) is 0 Å². The number of benzene rings is 2. The van der Waals surface area contributed by atoms with Crippen molar-refractivity contribution in [1.29, 1.82) is 0 Å². The smallest absolute Gasteiger partial charge is 0.256 e. The van der Waals surface area contributed by atoms with E-state index in [1.807, 2.05) is 24.3 Å². The van der Waals surface area contributed by atoms with Gasteiger partial charge in [0.2, 0.25) is 0 Å². The zero-order valence-corrected chi connectivity index (χ0v) is 10.9. The molecule has 3 heteroatoms. The van der Waals surface area contributed by atoms with Gasteiger partial charge >= 0.3 is 0 Å². The molecule has 1 aliphatic rings. The predicted molar refractivity (Wildman–Crippen MR) is 74.3 cm³/mol. The molecule has 1 heterocycles. The summed E-state index contributed by atoms with van der Waals surface area (Å²) in [6.45, 7) is 2.11. The topological polar surface area (TPSA) is 29.1 Å². The molecule has 0 saturated carbocycles. The Morgan fingerprint density at radius 3 is 2.78 bits per heavy atom. The first-order valence-electron chi connectivity index (χ1n) is 5.99. The Kier molecular flexibility index (Phi) is 2.84. The van der Waals surface area contributed by atoms with Gasteiger partial charge in [0, 0.05) is 9.79 Å². The number of amides is 1. The van der Waals surface area contributed by atoms with Crippen molar-refractivity contribution in [3.63, 3.8) is 0 Å². The lowest BCUT2D eigenvalue weighted by molar-refractivity contribution is 0.102. The summed E-state index contributed by atoms with van der Waals surface area (Å²) in [5, 5.41) is 2.99. The van der Waals surface area contributed by atoms with Crippen molar-refractivity contribution in [2.75, 3.05) is 5.32 Å². The monoisotopic (exact) mass is 255 g/mol. The van der Waals surface area contributed by atoms with Crippen LogP contribution >= 0.6 is 11.8 Å². The van der Waals surface area contributed by atoms with Crippen LogP contribution in [0.5, 0.6) is 0 Å². The molecule has 90 valence electrons. The van der Waals surface area contributed by atoms with Gasteiger partial charge in [-0.25, -0.2) is 0 Å². The van der Waals surface area contributed by atoms with Gasteiger partial charge in [-0.2, -0.15) is 0 Å². The molecule has 2 nitrogen and oxygen atoms in total. The first kappa shape index (κ1) is 11.4. The van der Waals surface area contributed by atoms with E-state index in [1.165, 1.54) is 5.56 Å². The Balaban J connectivity index is 2.12. The molecule has 0 saturated heterocycles. The second-order valence-corrected chi connectivity index (χ2v) is 5.32. The second-order valence-electron chi connectivity index (χ2n) is 4.24. The normalized spacial score (nSPS) is 13.3. The average Bonchev–Trinajstić information content (AvgIpc) is 2.54. The van der Waals surface area contributed by atoms with Crippen molar-refractivity contribution in [3.05, 3.63) is 53.6 Å². The highest BCUT2D eigenvalue weighted by Crippen LogP contribution is 2.38. The molecule has 1 amide bonds. The van der Waals surface area contributed by atoms with Gasteiger partial charge < -0.3 is 5.32 Å². The highest BCUT2D eigenvalue weighted by Gasteiger charge is 2.19. The third-order valence-corrected chi connectivity index (χ3v) is 4.20. The fourth-order valence-corrected chi connectivity index (χ4v) is 3.05. The van der Waals surface area contributed by atoms with Gasteiger partial charge in [0.15, 0.2) is 0 Å². The largest absolute Gasteiger partial charge is 0.321 e. The van der Waals surface area contributed by atoms with Crippen molar-refractivity contribution in [1.82, 2.24) is 0 Å². The Morgan fingerprint density at radius 1 is 1.11 bits per heavy atom. The van der Waals surface area contributed by atoms with Crippen molar-refractivity contribution in [2.45, 2.75) is 23.1 Å². The van der Waals surface area contributed by atoms with Crippen LogP contribution in [0.4, 0.5) is 5.69 Å². The molecule has 0 fully saturated rings. The SMILES string of the molecule is CCc1ccc2c(c1)NC(=O)c1ccccc1S2. The Bertz CT molecular complexity index is 622. The zero-order chi connectivity index (χ0) is 12.5. The van der Waals surface area contributed by atoms with E-state index in [0.29, 0.717) is 0 Å². The van der Waals surface area contributed by atoms with E-state index >= 15 is 0 Å². The maximum Gasteiger partial charge on any atom is 0.256 e. The van der Waals surface area contributed by atoms with Crippen molar-refractivity contribution in [3.8, 4) is 0 Å². The summed E-state index contributed by atoms with van der Waals surface area (Å²) in [5.41, 5.74) is 2.90. The number of carbonyl (C=O) groups excluding carboxylic acids is 1. The lowest BCUT2D eigenvalue weighted by atomic mass is 10.1. The van der Waals surface area contributed by atoms with Crippen LogP contribution in [0.1, 0.15) is 22.8 Å². The van der Waals surface area contributed by atoms with Crippen LogP contribution in [0.3, 0.4) is 0 Å². The molecule has 18 heavy (non-hydrogen) atoms. The molecule has 0 atom stereocenters. The lowest BCUT2D eigenvalue weighted by Crippen LogP contribution is -2.11. The van der Waals surface area contributed by atoms with Crippen LogP contribution in [-0.2, 0) is 6.42 Å². The molecule has 2 aromatic rings. The third kappa shape index (κ3) is 1.91. The van der Waals surface area contributed by atoms with Gasteiger partial charge in [0.05, 0.1) is 11.3 Å². The minimum atomic E-state index is -0.0231. The summed E-state index contributed by atoms with van der Waals surface area (Å²) in [6.07, 6.45) is 0.973. The standard InChI is InChI=1S/C15H13NOS/c1-2-10-7-8-14-12(9-10)16-15(17)11-5-3-4-6-13(11)18-14/h3-9H,2H2,1H3,(H,16,17). The molecule has 1 aliphatic heterocycles. The van der Waals surface area contributed by atoms with E-state index in [-0.39, 0.29) is 5.91 Å². The number of carbonyl (C=O) groups is 1. The van der Waals surface area contributed by atoms with Crippen molar-refractivity contribution < 1.29 is 4.79 Å². The third-order valence-electron chi connectivity index (χ3n) is 3.05. The molecule has 3 rings (SSSR count). The molecular formula is C15H13NOS. The number of rotatable bonds is 1. The quantitative estimate of drug-likeness (QED) is 0.835. The van der Waals surface area contributed by atoms with Gasteiger partial charge in [-0.05, 0) is 36.2 Å². The van der Waals surface area contributed by atoms with E-state index < -0.39 is 0 Å². The Morgan fingerprint density at radius 2 is 1.94 bits per heavy atom. The van der Waals surface area contributed by atoms with Gasteiger partial charge in [0.1, 0.15) is 0 Å². The summed E-state index contributed by atoms with van der Waals surface area (Å²) in [5.74, 6) is -0.0231. The first-order valence-corrected chi connectivity index (χ1v) is 6.80. The van der Waals surface area contributed by atoms with Gasteiger partial charge in [-0.3, -0.25) is 4.79 Å². The summed E-state index contributed by atoms with van der Waals surface area (Å²) in [6, 6.07) is 14.0. The number of anilines is 1. The Labute approximate surface area is 110 Å². The molecule has 0 unspecified atom stereocenters. The van der Waals surface area contributed by atoms with Crippen molar-refractivity contribution >= 4 is 23.4 Å². The fourth-order valence-electron chi connectivity index (χ4n) is 2.04. The number of aryl methyl sites for hydroxylation is 1. The Hall–Kier alpha value is -1.74. The molecule has 2 aromatic carbocycles. The van der Waals surface area contributed by atoms with Crippen LogP contribution in [-0.4, -0.2) is 5.91 Å². The second kappa shape index (κ2) is 4.50. The summed E-state index contributed by atoms with van der Waals surface area (Å²) in [7, 11) is 0. The average molecular weight is 255 g/mol. The number of nitrogens with one attached hydrogen (secondary N) is 1. The van der Waals surface area contributed by atoms with E-state index in [0.717, 1.165) is 27.5 Å². The maximum absolute atomic E-state index is 12.1. The van der Waals surface area contributed by atoms with Gasteiger partial charge in [-0.15, -0.1) is 0 Å². The minimum Gasteiger partial charge on any atom is -0.321 e. The molecule has 0 bridgehead atoms. The molecular weight excluding hydrogens is 242 g/mol. The van der Waals surface area contributed by atoms with E-state index in [1.54, 1.807) is 11.8 Å². The van der Waals surface area contributed by atoms with Crippen LogP contribution in [0.15, 0.2) is 52.3 Å². The minimum absolute atomic E-state index is 0.0231. The molecule has 0 aromatic heterocycles. The summed E-state index contributed by atoms with van der Waals surface area (Å²) < 4.78 is 0. The van der Waals surface area contributed by atoms with E-state index in [2.05, 4.69) is 30.4 Å². The number of fused-ring (bicyclic) bond motifs is 2. The van der Waals surface area contributed by atoms with E-state index in [9.17, 15) is 4.79 Å². The molecule has 1 N–H and O–H groups in total. The number of hydrogen-bond donors (Lipinski definition) is 1. The number of hydrogen-bond acceptors (Lipinski definition) is 2. The summed E-state index contributed by atoms with van der Waals surface area (Å²) >= 11 is 1.64. The van der Waals surface area contributed by atoms with Gasteiger partial charge in [0.25, 0.3) is 5.91 Å². The lowest BCUT2D eigenvalue weighted by Gasteiger charge is -2.07. The van der Waals surface area contributed by atoms with Crippen LogP contribution in [0, 0.1) is 0 Å². The summed E-state index contributed by atoms with van der Waals surface area (Å²) in [4.78, 5) is 14.3. The highest BCUT2D eigenvalue weighted by molar-refractivity contribution is 7.99. The predicted octanol–water partition coefficient (Wildman–Crippen LogP) is 3.97. The molecule has 0 aliphatic carbocycles. The fraction of sp³-hybridized carbons (Fsp3) is 0.133. The molecule has 0 radical (unpaired) electrons. The maximum atomic E-state index is 12.1. The van der Waals surface area contributed by atoms with Crippen LogP contribution in [0.25, 0.3) is 0 Å². The van der Waals surface area contributed by atoms with Gasteiger partial charge in [-0.1, -0.05) is 36.9 Å². The van der Waals surface area contributed by atoms with E-state index in [4.69, 9.17) is 0 Å². The molecule has 0 spiro atoms. The zero-order valence-electron chi connectivity index (χ0n) is 10.1.